The van der Waals surface area contributed by atoms with Gasteiger partial charge in [0.2, 0.25) is 5.91 Å². The Balaban J connectivity index is 1.65. The van der Waals surface area contributed by atoms with E-state index in [1.165, 1.54) is 12.4 Å². The van der Waals surface area contributed by atoms with Crippen LogP contribution < -0.4 is 5.32 Å². The number of benzene rings is 2. The van der Waals surface area contributed by atoms with Crippen molar-refractivity contribution in [2.45, 2.75) is 25.8 Å². The lowest BCUT2D eigenvalue weighted by molar-refractivity contribution is -0.134. The molecule has 6 heteroatoms. The van der Waals surface area contributed by atoms with Crippen molar-refractivity contribution >= 4 is 5.91 Å². The van der Waals surface area contributed by atoms with E-state index >= 15 is 0 Å². The molecule has 1 aliphatic heterocycles. The zero-order valence-corrected chi connectivity index (χ0v) is 18.7. The first kappa shape index (κ1) is 22.8. The summed E-state index contributed by atoms with van der Waals surface area (Å²) in [6, 6.07) is 15.0. The van der Waals surface area contributed by atoms with E-state index in [0.29, 0.717) is 31.6 Å². The molecule has 1 amide bonds. The number of carbonyl (C=O) groups excluding carboxylic acids is 1. The molecule has 3 aromatic rings. The maximum absolute atomic E-state index is 14.3. The largest absolute Gasteiger partial charge is 0.352 e. The van der Waals surface area contributed by atoms with E-state index in [2.05, 4.69) is 32.8 Å². The van der Waals surface area contributed by atoms with Gasteiger partial charge in [0, 0.05) is 43.2 Å². The zero-order valence-electron chi connectivity index (χ0n) is 18.7. The Kier molecular flexibility index (Phi) is 7.25. The van der Waals surface area contributed by atoms with Gasteiger partial charge in [0.05, 0.1) is 5.41 Å². The van der Waals surface area contributed by atoms with Crippen LogP contribution >= 0.6 is 0 Å². The van der Waals surface area contributed by atoms with Crippen LogP contribution in [0, 0.1) is 11.2 Å². The summed E-state index contributed by atoms with van der Waals surface area (Å²) < 4.78 is 14.3. The molecule has 33 heavy (non-hydrogen) atoms. The van der Waals surface area contributed by atoms with Crippen molar-refractivity contribution in [3.8, 4) is 11.1 Å². The van der Waals surface area contributed by atoms with Crippen LogP contribution in [0.15, 0.2) is 79.9 Å². The van der Waals surface area contributed by atoms with Crippen LogP contribution in [-0.4, -0.2) is 40.4 Å². The zero-order chi connectivity index (χ0) is 23.1. The van der Waals surface area contributed by atoms with E-state index in [4.69, 9.17) is 0 Å². The maximum atomic E-state index is 14.3. The second kappa shape index (κ2) is 10.5. The van der Waals surface area contributed by atoms with Crippen LogP contribution in [0.4, 0.5) is 4.39 Å². The summed E-state index contributed by atoms with van der Waals surface area (Å²) >= 11 is 0. The number of nitrogens with one attached hydrogen (secondary N) is 1. The van der Waals surface area contributed by atoms with Crippen LogP contribution in [0.2, 0.25) is 0 Å². The van der Waals surface area contributed by atoms with Gasteiger partial charge in [-0.25, -0.2) is 14.4 Å². The molecule has 0 unspecified atom stereocenters. The van der Waals surface area contributed by atoms with E-state index < -0.39 is 5.41 Å². The smallest absolute Gasteiger partial charge is 0.228 e. The Morgan fingerprint density at radius 1 is 1.12 bits per heavy atom. The van der Waals surface area contributed by atoms with Gasteiger partial charge in [0.1, 0.15) is 12.1 Å². The van der Waals surface area contributed by atoms with E-state index in [0.717, 1.165) is 36.1 Å². The van der Waals surface area contributed by atoms with Crippen molar-refractivity contribution in [3.05, 3.63) is 96.9 Å². The SMILES string of the molecule is C=CCNC(=O)[C@@]1(Cc2ccccc2-c2cncnc2)CCCN(Cc2ccccc2F)C1. The molecule has 1 saturated heterocycles. The molecule has 1 fully saturated rings. The second-order valence-corrected chi connectivity index (χ2v) is 8.65. The van der Waals surface area contributed by atoms with Crippen molar-refractivity contribution in [3.63, 3.8) is 0 Å². The lowest BCUT2D eigenvalue weighted by Crippen LogP contribution is -2.53. The van der Waals surface area contributed by atoms with Crippen LogP contribution in [0.25, 0.3) is 11.1 Å². The second-order valence-electron chi connectivity index (χ2n) is 8.65. The Bertz CT molecular complexity index is 1100. The van der Waals surface area contributed by atoms with Crippen LogP contribution in [0.3, 0.4) is 0 Å². The molecular weight excluding hydrogens is 415 g/mol. The average molecular weight is 445 g/mol. The first-order valence-corrected chi connectivity index (χ1v) is 11.3. The molecule has 0 bridgehead atoms. The van der Waals surface area contributed by atoms with E-state index in [-0.39, 0.29) is 11.7 Å². The fourth-order valence-corrected chi connectivity index (χ4v) is 4.75. The maximum Gasteiger partial charge on any atom is 0.228 e. The molecule has 4 rings (SSSR count). The average Bonchev–Trinajstić information content (AvgIpc) is 2.85. The molecule has 2 heterocycles. The van der Waals surface area contributed by atoms with Crippen molar-refractivity contribution in [1.82, 2.24) is 20.2 Å². The summed E-state index contributed by atoms with van der Waals surface area (Å²) in [6.45, 7) is 6.03. The number of likely N-dealkylation sites (tertiary alicyclic amines) is 1. The van der Waals surface area contributed by atoms with Gasteiger partial charge < -0.3 is 5.32 Å². The Labute approximate surface area is 194 Å². The lowest BCUT2D eigenvalue weighted by atomic mass is 9.73. The molecule has 0 aliphatic carbocycles. The van der Waals surface area contributed by atoms with Gasteiger partial charge in [-0.05, 0) is 43.0 Å². The Hall–Kier alpha value is -3.38. The Morgan fingerprint density at radius 3 is 2.61 bits per heavy atom. The molecule has 170 valence electrons. The first-order valence-electron chi connectivity index (χ1n) is 11.3. The molecule has 0 saturated carbocycles. The van der Waals surface area contributed by atoms with Crippen LogP contribution in [-0.2, 0) is 17.8 Å². The molecule has 0 spiro atoms. The lowest BCUT2D eigenvalue weighted by Gasteiger charge is -2.42. The normalized spacial score (nSPS) is 18.6. The topological polar surface area (TPSA) is 58.1 Å². The van der Waals surface area contributed by atoms with Gasteiger partial charge in [-0.2, -0.15) is 0 Å². The van der Waals surface area contributed by atoms with E-state index in [1.807, 2.05) is 30.3 Å². The van der Waals surface area contributed by atoms with Crippen molar-refractivity contribution in [2.75, 3.05) is 19.6 Å². The third kappa shape index (κ3) is 5.34. The highest BCUT2D eigenvalue weighted by Crippen LogP contribution is 2.37. The third-order valence-electron chi connectivity index (χ3n) is 6.31. The van der Waals surface area contributed by atoms with Crippen LogP contribution in [0.5, 0.6) is 0 Å². The third-order valence-corrected chi connectivity index (χ3v) is 6.31. The summed E-state index contributed by atoms with van der Waals surface area (Å²) in [5.41, 5.74) is 3.06. The van der Waals surface area contributed by atoms with Crippen molar-refractivity contribution < 1.29 is 9.18 Å². The monoisotopic (exact) mass is 444 g/mol. The number of aromatic nitrogens is 2. The summed E-state index contributed by atoms with van der Waals surface area (Å²) in [6.07, 6.45) is 9.01. The minimum atomic E-state index is -0.627. The van der Waals surface area contributed by atoms with Gasteiger partial charge in [-0.15, -0.1) is 6.58 Å². The number of carbonyl (C=O) groups is 1. The minimum Gasteiger partial charge on any atom is -0.352 e. The fraction of sp³-hybridized carbons (Fsp3) is 0.296. The quantitative estimate of drug-likeness (QED) is 0.523. The van der Waals surface area contributed by atoms with Crippen molar-refractivity contribution in [1.29, 1.82) is 0 Å². The number of hydrogen-bond acceptors (Lipinski definition) is 4. The number of rotatable bonds is 8. The predicted octanol–water partition coefficient (Wildman–Crippen LogP) is 4.41. The van der Waals surface area contributed by atoms with Crippen molar-refractivity contribution in [2.24, 2.45) is 5.41 Å². The first-order chi connectivity index (χ1) is 16.1. The minimum absolute atomic E-state index is 0.0137. The van der Waals surface area contributed by atoms with E-state index in [9.17, 15) is 9.18 Å². The fourth-order valence-electron chi connectivity index (χ4n) is 4.75. The summed E-state index contributed by atoms with van der Waals surface area (Å²) in [5, 5.41) is 3.04. The highest BCUT2D eigenvalue weighted by molar-refractivity contribution is 5.84. The number of hydrogen-bond donors (Lipinski definition) is 1. The van der Waals surface area contributed by atoms with Crippen LogP contribution in [0.1, 0.15) is 24.0 Å². The molecule has 1 atom stereocenters. The number of nitrogens with zero attached hydrogens (tertiary/aromatic N) is 3. The van der Waals surface area contributed by atoms with Gasteiger partial charge in [-0.1, -0.05) is 48.5 Å². The predicted molar refractivity (Wildman–Crippen MR) is 128 cm³/mol. The molecule has 1 aromatic heterocycles. The molecule has 1 aliphatic rings. The van der Waals surface area contributed by atoms with Gasteiger partial charge in [0.15, 0.2) is 0 Å². The number of piperidine rings is 1. The van der Waals surface area contributed by atoms with Gasteiger partial charge in [0.25, 0.3) is 0 Å². The number of halogens is 1. The molecule has 5 nitrogen and oxygen atoms in total. The standard InChI is InChI=1S/C27H29FN4O/c1-2-13-31-26(33)27(12-7-14-32(19-27)18-22-9-4-6-11-25(22)28)15-21-8-3-5-10-24(21)23-16-29-20-30-17-23/h2-6,8-11,16-17,20H,1,7,12-15,18-19H2,(H,31,33)/t27-/m1/s1. The summed E-state index contributed by atoms with van der Waals surface area (Å²) in [4.78, 5) is 24.0. The molecule has 2 aromatic carbocycles. The van der Waals surface area contributed by atoms with Gasteiger partial charge >= 0.3 is 0 Å². The number of amides is 1. The highest BCUT2D eigenvalue weighted by Gasteiger charge is 2.42. The van der Waals surface area contributed by atoms with E-state index in [1.54, 1.807) is 24.5 Å². The summed E-state index contributed by atoms with van der Waals surface area (Å²) in [7, 11) is 0. The molecule has 1 N–H and O–H groups in total. The summed E-state index contributed by atoms with van der Waals surface area (Å²) in [5.74, 6) is -0.195. The Morgan fingerprint density at radius 2 is 1.85 bits per heavy atom. The molecular formula is C27H29FN4O. The highest BCUT2D eigenvalue weighted by atomic mass is 19.1. The molecule has 0 radical (unpaired) electrons. The van der Waals surface area contributed by atoms with Gasteiger partial charge in [-0.3, -0.25) is 9.69 Å².